The van der Waals surface area contributed by atoms with E-state index in [1.165, 1.54) is 0 Å². The predicted molar refractivity (Wildman–Crippen MR) is 87.8 cm³/mol. The first-order valence-corrected chi connectivity index (χ1v) is 9.41. The molecule has 0 atom stereocenters. The number of benzene rings is 1. The topological polar surface area (TPSA) is 86.7 Å². The molecular weight excluding hydrogens is 316 g/mol. The van der Waals surface area contributed by atoms with Crippen LogP contribution in [0.5, 0.6) is 0 Å². The van der Waals surface area contributed by atoms with Crippen LogP contribution in [-0.4, -0.2) is 49.6 Å². The van der Waals surface area contributed by atoms with Crippen molar-refractivity contribution in [1.82, 2.24) is 9.62 Å². The third kappa shape index (κ3) is 4.31. The number of carboxylic acids is 1. The minimum absolute atomic E-state index is 0.000690. The van der Waals surface area contributed by atoms with E-state index >= 15 is 0 Å². The van der Waals surface area contributed by atoms with Gasteiger partial charge in [-0.15, -0.1) is 0 Å². The van der Waals surface area contributed by atoms with Gasteiger partial charge in [-0.3, -0.25) is 9.69 Å². The lowest BCUT2D eigenvalue weighted by atomic mass is 9.86. The molecule has 0 bridgehead atoms. The number of aryl methyl sites for hydroxylation is 1. The summed E-state index contributed by atoms with van der Waals surface area (Å²) in [6, 6.07) is 7.01. The number of nitrogens with one attached hydrogen (secondary N) is 1. The van der Waals surface area contributed by atoms with Crippen molar-refractivity contribution in [2.45, 2.75) is 50.1 Å². The Morgan fingerprint density at radius 3 is 2.52 bits per heavy atom. The van der Waals surface area contributed by atoms with Crippen molar-refractivity contribution < 1.29 is 18.3 Å². The molecule has 1 aromatic carbocycles. The maximum Gasteiger partial charge on any atom is 0.317 e. The van der Waals surface area contributed by atoms with E-state index in [1.807, 2.05) is 30.9 Å². The van der Waals surface area contributed by atoms with Crippen molar-refractivity contribution in [3.63, 3.8) is 0 Å². The molecule has 1 aromatic rings. The van der Waals surface area contributed by atoms with Crippen LogP contribution in [-0.2, 0) is 21.2 Å². The summed E-state index contributed by atoms with van der Waals surface area (Å²) < 4.78 is 27.8. The molecule has 128 valence electrons. The standard InChI is InChI=1S/C16H24N2O4S/c1-3-12-7-5-6-8-15(12)23(21,22)17-13-9-14(10-13)18(4-2)11-16(19)20/h5-8,13-14,17H,3-4,9-11H2,1-2H3,(H,19,20). The molecule has 2 N–H and O–H groups in total. The van der Waals surface area contributed by atoms with Crippen molar-refractivity contribution >= 4 is 16.0 Å². The fraction of sp³-hybridized carbons (Fsp3) is 0.562. The van der Waals surface area contributed by atoms with Crippen molar-refractivity contribution in [3.8, 4) is 0 Å². The quantitative estimate of drug-likeness (QED) is 0.748. The summed E-state index contributed by atoms with van der Waals surface area (Å²) in [5.74, 6) is -0.854. The number of carboxylic acid groups (broad SMARTS) is 1. The van der Waals surface area contributed by atoms with Crippen LogP contribution in [0.1, 0.15) is 32.3 Å². The van der Waals surface area contributed by atoms with Gasteiger partial charge in [-0.25, -0.2) is 13.1 Å². The molecule has 0 aliphatic heterocycles. The van der Waals surface area contributed by atoms with Crippen LogP contribution in [0.15, 0.2) is 29.2 Å². The van der Waals surface area contributed by atoms with E-state index in [0.717, 1.165) is 5.56 Å². The lowest BCUT2D eigenvalue weighted by Crippen LogP contribution is -2.54. The first-order chi connectivity index (χ1) is 10.9. The second-order valence-corrected chi connectivity index (χ2v) is 7.54. The van der Waals surface area contributed by atoms with Gasteiger partial charge in [0.1, 0.15) is 0 Å². The molecule has 0 heterocycles. The Morgan fingerprint density at radius 1 is 1.30 bits per heavy atom. The molecule has 0 radical (unpaired) electrons. The minimum atomic E-state index is -3.53. The Kier molecular flexibility index (Phi) is 5.78. The molecule has 7 heteroatoms. The van der Waals surface area contributed by atoms with Crippen LogP contribution in [0, 0.1) is 0 Å². The third-order valence-electron chi connectivity index (χ3n) is 4.34. The summed E-state index contributed by atoms with van der Waals surface area (Å²) >= 11 is 0. The van der Waals surface area contributed by atoms with E-state index in [-0.39, 0.29) is 18.6 Å². The van der Waals surface area contributed by atoms with Crippen molar-refractivity contribution in [3.05, 3.63) is 29.8 Å². The fourth-order valence-electron chi connectivity index (χ4n) is 3.00. The number of nitrogens with zero attached hydrogens (tertiary/aromatic N) is 1. The normalized spacial score (nSPS) is 21.2. The fourth-order valence-corrected chi connectivity index (χ4v) is 4.57. The molecule has 23 heavy (non-hydrogen) atoms. The smallest absolute Gasteiger partial charge is 0.317 e. The highest BCUT2D eigenvalue weighted by Gasteiger charge is 2.36. The van der Waals surface area contributed by atoms with Crippen LogP contribution in [0.3, 0.4) is 0 Å². The van der Waals surface area contributed by atoms with Gasteiger partial charge in [0.2, 0.25) is 10.0 Å². The van der Waals surface area contributed by atoms with Gasteiger partial charge < -0.3 is 5.11 Å². The SMILES string of the molecule is CCc1ccccc1S(=O)(=O)NC1CC(N(CC)CC(=O)O)C1. The minimum Gasteiger partial charge on any atom is -0.480 e. The second kappa shape index (κ2) is 7.42. The molecule has 2 rings (SSSR count). The Labute approximate surface area is 137 Å². The van der Waals surface area contributed by atoms with Gasteiger partial charge in [0, 0.05) is 12.1 Å². The summed E-state index contributed by atoms with van der Waals surface area (Å²) in [7, 11) is -3.53. The van der Waals surface area contributed by atoms with Crippen molar-refractivity contribution in [2.75, 3.05) is 13.1 Å². The van der Waals surface area contributed by atoms with Crippen LogP contribution in [0.2, 0.25) is 0 Å². The average molecular weight is 340 g/mol. The highest BCUT2D eigenvalue weighted by molar-refractivity contribution is 7.89. The first-order valence-electron chi connectivity index (χ1n) is 7.93. The summed E-state index contributed by atoms with van der Waals surface area (Å²) in [6.45, 7) is 4.49. The number of aliphatic carboxylic acids is 1. The molecule has 1 aliphatic rings. The van der Waals surface area contributed by atoms with Gasteiger partial charge in [-0.1, -0.05) is 32.0 Å². The highest BCUT2D eigenvalue weighted by Crippen LogP contribution is 2.27. The van der Waals surface area contributed by atoms with Gasteiger partial charge >= 0.3 is 5.97 Å². The molecular formula is C16H24N2O4S. The van der Waals surface area contributed by atoms with Gasteiger partial charge in [0.15, 0.2) is 0 Å². The zero-order valence-corrected chi connectivity index (χ0v) is 14.3. The first kappa shape index (κ1) is 17.9. The molecule has 1 aliphatic carbocycles. The van der Waals surface area contributed by atoms with Crippen LogP contribution in [0.25, 0.3) is 0 Å². The largest absolute Gasteiger partial charge is 0.480 e. The maximum absolute atomic E-state index is 12.5. The molecule has 1 fully saturated rings. The average Bonchev–Trinajstić information content (AvgIpc) is 2.48. The molecule has 0 amide bonds. The van der Waals surface area contributed by atoms with Crippen molar-refractivity contribution in [2.24, 2.45) is 0 Å². The zero-order valence-electron chi connectivity index (χ0n) is 13.5. The van der Waals surface area contributed by atoms with E-state index in [1.54, 1.807) is 12.1 Å². The summed E-state index contributed by atoms with van der Waals surface area (Å²) in [5.41, 5.74) is 0.803. The second-order valence-electron chi connectivity index (χ2n) is 5.86. The van der Waals surface area contributed by atoms with Crippen LogP contribution < -0.4 is 4.72 Å². The van der Waals surface area contributed by atoms with Crippen LogP contribution in [0.4, 0.5) is 0 Å². The van der Waals surface area contributed by atoms with E-state index in [4.69, 9.17) is 5.11 Å². The van der Waals surface area contributed by atoms with Gasteiger partial charge in [-0.05, 0) is 37.4 Å². The van der Waals surface area contributed by atoms with Gasteiger partial charge in [0.05, 0.1) is 11.4 Å². The summed E-state index contributed by atoms with van der Waals surface area (Å²) in [4.78, 5) is 13.0. The number of hydrogen-bond donors (Lipinski definition) is 2. The van der Waals surface area contributed by atoms with E-state index in [2.05, 4.69) is 4.72 Å². The molecule has 1 saturated carbocycles. The van der Waals surface area contributed by atoms with Gasteiger partial charge in [0.25, 0.3) is 0 Å². The summed E-state index contributed by atoms with van der Waals surface area (Å²) in [5, 5.41) is 8.89. The van der Waals surface area contributed by atoms with Crippen LogP contribution >= 0.6 is 0 Å². The van der Waals surface area contributed by atoms with E-state index < -0.39 is 16.0 Å². The number of carbonyl (C=O) groups is 1. The molecule has 0 unspecified atom stereocenters. The van der Waals surface area contributed by atoms with E-state index in [9.17, 15) is 13.2 Å². The van der Waals surface area contributed by atoms with Gasteiger partial charge in [-0.2, -0.15) is 0 Å². The lowest BCUT2D eigenvalue weighted by molar-refractivity contribution is -0.139. The number of hydrogen-bond acceptors (Lipinski definition) is 4. The summed E-state index contributed by atoms with van der Waals surface area (Å²) in [6.07, 6.45) is 1.95. The molecule has 0 aromatic heterocycles. The Balaban J connectivity index is 1.98. The number of sulfonamides is 1. The number of rotatable bonds is 8. The predicted octanol–water partition coefficient (Wildman–Crippen LogP) is 1.46. The third-order valence-corrected chi connectivity index (χ3v) is 5.96. The Hall–Kier alpha value is -1.44. The molecule has 0 spiro atoms. The monoisotopic (exact) mass is 340 g/mol. The van der Waals surface area contributed by atoms with Crippen molar-refractivity contribution in [1.29, 1.82) is 0 Å². The zero-order chi connectivity index (χ0) is 17.0. The highest BCUT2D eigenvalue weighted by atomic mass is 32.2. The lowest BCUT2D eigenvalue weighted by Gasteiger charge is -2.42. The molecule has 6 nitrogen and oxygen atoms in total. The van der Waals surface area contributed by atoms with E-state index in [0.29, 0.717) is 30.7 Å². The number of likely N-dealkylation sites (N-methyl/N-ethyl adjacent to an activating group) is 1. The maximum atomic E-state index is 12.5. The molecule has 0 saturated heterocycles. The Morgan fingerprint density at radius 2 is 1.96 bits per heavy atom. The Bertz CT molecular complexity index is 654.